The molecule has 0 aliphatic carbocycles. The molecule has 0 saturated heterocycles. The van der Waals surface area contributed by atoms with Crippen LogP contribution in [0.25, 0.3) is 0 Å². The lowest BCUT2D eigenvalue weighted by atomic mass is 10.2. The van der Waals surface area contributed by atoms with Crippen LogP contribution < -0.4 is 5.73 Å². The summed E-state index contributed by atoms with van der Waals surface area (Å²) in [5.41, 5.74) is 6.30. The molecule has 68 valence electrons. The largest absolute Gasteiger partial charge is 0.497 e. The molecule has 0 aromatic heterocycles. The number of nitrogens with two attached hydrogens (primary N) is 1. The van der Waals surface area contributed by atoms with E-state index in [0.29, 0.717) is 11.6 Å². The van der Waals surface area contributed by atoms with Crippen molar-refractivity contribution >= 4 is 0 Å². The molecule has 0 fully saturated rings. The highest BCUT2D eigenvalue weighted by molar-refractivity contribution is 5.25. The van der Waals surface area contributed by atoms with Gasteiger partial charge in [-0.25, -0.2) is 0 Å². The van der Waals surface area contributed by atoms with Crippen molar-refractivity contribution in [3.63, 3.8) is 0 Å². The number of hydrogen-bond donors (Lipinski definition) is 1. The second-order valence-electron chi connectivity index (χ2n) is 2.25. The van der Waals surface area contributed by atoms with Crippen molar-refractivity contribution in [1.29, 1.82) is 0 Å². The maximum absolute atomic E-state index is 5.39. The first-order chi connectivity index (χ1) is 5.61. The first kappa shape index (κ1) is 10.6. The van der Waals surface area contributed by atoms with E-state index in [1.54, 1.807) is 19.3 Å². The van der Waals surface area contributed by atoms with E-state index >= 15 is 0 Å². The van der Waals surface area contributed by atoms with Crippen LogP contribution in [0.2, 0.25) is 0 Å². The maximum atomic E-state index is 5.39. The number of hydrogen-bond acceptors (Lipinski definition) is 3. The third-order valence-corrected chi connectivity index (χ3v) is 1.42. The van der Waals surface area contributed by atoms with Crippen LogP contribution in [0, 0.1) is 0 Å². The van der Waals surface area contributed by atoms with E-state index in [2.05, 4.69) is 6.58 Å². The van der Waals surface area contributed by atoms with Crippen LogP contribution in [-0.2, 0) is 9.47 Å². The lowest BCUT2D eigenvalue weighted by Gasteiger charge is -2.02. The van der Waals surface area contributed by atoms with Crippen LogP contribution in [-0.4, -0.2) is 14.2 Å². The van der Waals surface area contributed by atoms with Crippen molar-refractivity contribution < 1.29 is 9.47 Å². The molecule has 0 radical (unpaired) electrons. The molecule has 0 atom stereocenters. The van der Waals surface area contributed by atoms with Crippen molar-refractivity contribution in [1.82, 2.24) is 0 Å². The highest BCUT2D eigenvalue weighted by atomic mass is 16.5. The van der Waals surface area contributed by atoms with Crippen LogP contribution >= 0.6 is 0 Å². The Morgan fingerprint density at radius 3 is 2.25 bits per heavy atom. The number of ether oxygens (including phenoxy) is 2. The molecule has 0 aliphatic heterocycles. The molecule has 0 unspecified atom stereocenters. The Labute approximate surface area is 73.2 Å². The molecule has 2 N–H and O–H groups in total. The van der Waals surface area contributed by atoms with Gasteiger partial charge in [0.05, 0.1) is 14.2 Å². The highest BCUT2D eigenvalue weighted by Crippen LogP contribution is 2.06. The second kappa shape index (κ2) is 5.29. The molecule has 3 nitrogen and oxygen atoms in total. The first-order valence-corrected chi connectivity index (χ1v) is 3.53. The Balaban J connectivity index is 4.27. The fourth-order valence-corrected chi connectivity index (χ4v) is 0.529. The van der Waals surface area contributed by atoms with Crippen molar-refractivity contribution in [2.45, 2.75) is 6.92 Å². The summed E-state index contributed by atoms with van der Waals surface area (Å²) in [6, 6.07) is 0. The zero-order chi connectivity index (χ0) is 9.56. The average molecular weight is 169 g/mol. The zero-order valence-corrected chi connectivity index (χ0v) is 7.76. The second-order valence-corrected chi connectivity index (χ2v) is 2.25. The standard InChI is InChI=1S/C9H15NO2/c1-7(8(2)11-3)5-6-9(10)12-4/h5-6H,2,10H2,1,3-4H3/b7-5-,9-6+. The summed E-state index contributed by atoms with van der Waals surface area (Å²) in [5.74, 6) is 0.980. The molecule has 0 saturated carbocycles. The third-order valence-electron chi connectivity index (χ3n) is 1.42. The molecule has 0 spiro atoms. The summed E-state index contributed by atoms with van der Waals surface area (Å²) in [6.45, 7) is 5.56. The Morgan fingerprint density at radius 1 is 1.25 bits per heavy atom. The Morgan fingerprint density at radius 2 is 1.83 bits per heavy atom. The van der Waals surface area contributed by atoms with Gasteiger partial charge in [-0.15, -0.1) is 0 Å². The molecule has 0 heterocycles. The summed E-state index contributed by atoms with van der Waals surface area (Å²) in [5, 5.41) is 0. The van der Waals surface area contributed by atoms with Gasteiger partial charge in [0.2, 0.25) is 0 Å². The number of methoxy groups -OCH3 is 2. The summed E-state index contributed by atoms with van der Waals surface area (Å²) in [6.07, 6.45) is 3.43. The van der Waals surface area contributed by atoms with Gasteiger partial charge < -0.3 is 15.2 Å². The summed E-state index contributed by atoms with van der Waals surface area (Å²) >= 11 is 0. The lowest BCUT2D eigenvalue weighted by molar-refractivity contribution is 0.287. The lowest BCUT2D eigenvalue weighted by Crippen LogP contribution is -1.98. The van der Waals surface area contributed by atoms with Gasteiger partial charge in [0.25, 0.3) is 0 Å². The predicted molar refractivity (Wildman–Crippen MR) is 49.2 cm³/mol. The topological polar surface area (TPSA) is 44.5 Å². The molecular weight excluding hydrogens is 154 g/mol. The third kappa shape index (κ3) is 3.71. The molecule has 0 bridgehead atoms. The predicted octanol–water partition coefficient (Wildman–Crippen LogP) is 1.54. The maximum Gasteiger partial charge on any atom is 0.183 e. The van der Waals surface area contributed by atoms with Gasteiger partial charge in [-0.3, -0.25) is 0 Å². The van der Waals surface area contributed by atoms with Gasteiger partial charge >= 0.3 is 0 Å². The number of allylic oxidation sites excluding steroid dienone is 3. The van der Waals surface area contributed by atoms with E-state index in [4.69, 9.17) is 15.2 Å². The van der Waals surface area contributed by atoms with Gasteiger partial charge in [0.15, 0.2) is 5.88 Å². The van der Waals surface area contributed by atoms with E-state index in [0.717, 1.165) is 5.57 Å². The van der Waals surface area contributed by atoms with E-state index < -0.39 is 0 Å². The summed E-state index contributed by atoms with van der Waals surface area (Å²) in [4.78, 5) is 0. The molecule has 0 aromatic rings. The minimum Gasteiger partial charge on any atom is -0.497 e. The fraction of sp³-hybridized carbons (Fsp3) is 0.333. The summed E-state index contributed by atoms with van der Waals surface area (Å²) in [7, 11) is 3.09. The van der Waals surface area contributed by atoms with Gasteiger partial charge in [-0.05, 0) is 18.6 Å². The smallest absolute Gasteiger partial charge is 0.183 e. The zero-order valence-electron chi connectivity index (χ0n) is 7.76. The van der Waals surface area contributed by atoms with Gasteiger partial charge in [-0.2, -0.15) is 0 Å². The van der Waals surface area contributed by atoms with Gasteiger partial charge in [-0.1, -0.05) is 12.7 Å². The minimum absolute atomic E-state index is 0.359. The van der Waals surface area contributed by atoms with E-state index in [-0.39, 0.29) is 0 Å². The van der Waals surface area contributed by atoms with Gasteiger partial charge in [0.1, 0.15) is 5.76 Å². The Hall–Kier alpha value is -1.38. The molecule has 0 amide bonds. The SMILES string of the molecule is C=C(OC)/C(C)=C\C=C(/N)OC. The van der Waals surface area contributed by atoms with E-state index in [1.165, 1.54) is 7.11 Å². The van der Waals surface area contributed by atoms with E-state index in [1.807, 2.05) is 6.92 Å². The van der Waals surface area contributed by atoms with Crippen LogP contribution in [0.5, 0.6) is 0 Å². The number of rotatable bonds is 4. The van der Waals surface area contributed by atoms with Crippen molar-refractivity contribution in [2.75, 3.05) is 14.2 Å². The Bertz CT molecular complexity index is 217. The molecule has 0 rings (SSSR count). The molecule has 12 heavy (non-hydrogen) atoms. The molecule has 3 heteroatoms. The molecular formula is C9H15NO2. The van der Waals surface area contributed by atoms with Crippen molar-refractivity contribution in [3.8, 4) is 0 Å². The van der Waals surface area contributed by atoms with Crippen LogP contribution in [0.1, 0.15) is 6.92 Å². The quantitative estimate of drug-likeness (QED) is 0.513. The monoisotopic (exact) mass is 169 g/mol. The van der Waals surface area contributed by atoms with Crippen LogP contribution in [0.15, 0.2) is 35.9 Å². The Kier molecular flexibility index (Phi) is 4.69. The van der Waals surface area contributed by atoms with Gasteiger partial charge in [0, 0.05) is 0 Å². The normalized spacial score (nSPS) is 12.6. The minimum atomic E-state index is 0.359. The molecule has 0 aliphatic rings. The van der Waals surface area contributed by atoms with Crippen LogP contribution in [0.3, 0.4) is 0 Å². The highest BCUT2D eigenvalue weighted by Gasteiger charge is 1.92. The van der Waals surface area contributed by atoms with Crippen molar-refractivity contribution in [2.24, 2.45) is 5.73 Å². The van der Waals surface area contributed by atoms with Crippen LogP contribution in [0.4, 0.5) is 0 Å². The van der Waals surface area contributed by atoms with E-state index in [9.17, 15) is 0 Å². The summed E-state index contributed by atoms with van der Waals surface area (Å²) < 4.78 is 9.64. The first-order valence-electron chi connectivity index (χ1n) is 3.53. The van der Waals surface area contributed by atoms with Crippen molar-refractivity contribution in [3.05, 3.63) is 35.9 Å². The molecule has 0 aromatic carbocycles. The average Bonchev–Trinajstić information content (AvgIpc) is 2.11. The fourth-order valence-electron chi connectivity index (χ4n) is 0.529.